The summed E-state index contributed by atoms with van der Waals surface area (Å²) in [6.07, 6.45) is 0. The molecule has 0 heterocycles. The van der Waals surface area contributed by atoms with E-state index in [4.69, 9.17) is 0 Å². The second-order valence-corrected chi connectivity index (χ2v) is 3.57. The maximum absolute atomic E-state index is 3.42. The summed E-state index contributed by atoms with van der Waals surface area (Å²) in [7, 11) is 0. The summed E-state index contributed by atoms with van der Waals surface area (Å²) in [4.78, 5) is 0. The Balaban J connectivity index is 0.00000128. The van der Waals surface area contributed by atoms with Gasteiger partial charge in [0.05, 0.1) is 0 Å². The zero-order valence-corrected chi connectivity index (χ0v) is 9.10. The molecule has 16 heavy (non-hydrogen) atoms. The van der Waals surface area contributed by atoms with E-state index in [0.29, 0.717) is 0 Å². The SMILES string of the molecule is F.c1ccc(CNCc2ccccc2)cc1. The van der Waals surface area contributed by atoms with Crippen LogP contribution in [0, 0.1) is 0 Å². The van der Waals surface area contributed by atoms with Gasteiger partial charge < -0.3 is 5.32 Å². The molecule has 0 unspecified atom stereocenters. The third-order valence-corrected chi connectivity index (χ3v) is 2.34. The summed E-state index contributed by atoms with van der Waals surface area (Å²) in [5.41, 5.74) is 2.65. The van der Waals surface area contributed by atoms with Crippen LogP contribution in [0.4, 0.5) is 4.70 Å². The van der Waals surface area contributed by atoms with Crippen molar-refractivity contribution in [3.05, 3.63) is 71.8 Å². The lowest BCUT2D eigenvalue weighted by molar-refractivity contribution is 0.693. The number of hydrogen-bond donors (Lipinski definition) is 1. The van der Waals surface area contributed by atoms with E-state index in [1.165, 1.54) is 11.1 Å². The second kappa shape index (κ2) is 6.75. The zero-order chi connectivity index (χ0) is 10.3. The van der Waals surface area contributed by atoms with Crippen molar-refractivity contribution in [3.63, 3.8) is 0 Å². The Hall–Kier alpha value is -1.67. The minimum atomic E-state index is 0. The van der Waals surface area contributed by atoms with Gasteiger partial charge >= 0.3 is 0 Å². The lowest BCUT2D eigenvalue weighted by atomic mass is 10.2. The van der Waals surface area contributed by atoms with E-state index in [1.54, 1.807) is 0 Å². The van der Waals surface area contributed by atoms with Crippen LogP contribution in [0.1, 0.15) is 11.1 Å². The van der Waals surface area contributed by atoms with Crippen LogP contribution in [-0.2, 0) is 13.1 Å². The number of halogens is 1. The second-order valence-electron chi connectivity index (χ2n) is 3.57. The molecule has 0 spiro atoms. The standard InChI is InChI=1S/C14H15N.FH/c1-3-7-13(8-4-1)11-15-12-14-9-5-2-6-10-14;/h1-10,15H,11-12H2;1H. The molecule has 2 aromatic rings. The summed E-state index contributed by atoms with van der Waals surface area (Å²) in [6.45, 7) is 1.85. The van der Waals surface area contributed by atoms with Crippen molar-refractivity contribution < 1.29 is 4.70 Å². The van der Waals surface area contributed by atoms with Gasteiger partial charge in [-0.2, -0.15) is 0 Å². The van der Waals surface area contributed by atoms with Crippen molar-refractivity contribution in [3.8, 4) is 0 Å². The summed E-state index contributed by atoms with van der Waals surface area (Å²) in [6, 6.07) is 20.9. The molecule has 0 bridgehead atoms. The topological polar surface area (TPSA) is 12.0 Å². The fourth-order valence-electron chi connectivity index (χ4n) is 1.54. The number of nitrogens with one attached hydrogen (secondary N) is 1. The van der Waals surface area contributed by atoms with E-state index < -0.39 is 0 Å². The highest BCUT2D eigenvalue weighted by molar-refractivity contribution is 5.16. The van der Waals surface area contributed by atoms with Crippen LogP contribution in [0.5, 0.6) is 0 Å². The molecule has 0 atom stereocenters. The Labute approximate surface area is 95.5 Å². The van der Waals surface area contributed by atoms with E-state index in [1.807, 2.05) is 12.1 Å². The Morgan fingerprint density at radius 2 is 1.00 bits per heavy atom. The van der Waals surface area contributed by atoms with Crippen LogP contribution < -0.4 is 5.32 Å². The van der Waals surface area contributed by atoms with Crippen molar-refractivity contribution in [1.82, 2.24) is 5.32 Å². The van der Waals surface area contributed by atoms with Gasteiger partial charge in [-0.1, -0.05) is 60.7 Å². The largest absolute Gasteiger partial charge is 0.309 e. The molecule has 0 radical (unpaired) electrons. The fourth-order valence-corrected chi connectivity index (χ4v) is 1.54. The first-order chi connectivity index (χ1) is 7.45. The van der Waals surface area contributed by atoms with E-state index in [-0.39, 0.29) is 4.70 Å². The maximum atomic E-state index is 3.42. The fraction of sp³-hybridized carbons (Fsp3) is 0.143. The molecule has 0 aliphatic rings. The van der Waals surface area contributed by atoms with E-state index >= 15 is 0 Å². The molecule has 0 aromatic heterocycles. The molecule has 1 nitrogen and oxygen atoms in total. The van der Waals surface area contributed by atoms with Gasteiger partial charge in [-0.3, -0.25) is 4.70 Å². The van der Waals surface area contributed by atoms with Crippen molar-refractivity contribution >= 4 is 0 Å². The Bertz CT molecular complexity index is 346. The molecule has 0 saturated carbocycles. The smallest absolute Gasteiger partial charge is 0.0208 e. The first-order valence-electron chi connectivity index (χ1n) is 5.24. The highest BCUT2D eigenvalue weighted by Gasteiger charge is 1.92. The zero-order valence-electron chi connectivity index (χ0n) is 9.10. The van der Waals surface area contributed by atoms with Gasteiger partial charge in [0.2, 0.25) is 0 Å². The van der Waals surface area contributed by atoms with E-state index in [2.05, 4.69) is 53.8 Å². The number of rotatable bonds is 4. The minimum Gasteiger partial charge on any atom is -0.309 e. The molecular weight excluding hydrogens is 201 g/mol. The first kappa shape index (κ1) is 12.4. The van der Waals surface area contributed by atoms with Gasteiger partial charge in [0.1, 0.15) is 0 Å². The van der Waals surface area contributed by atoms with Crippen LogP contribution in [0.15, 0.2) is 60.7 Å². The molecule has 2 aromatic carbocycles. The highest BCUT2D eigenvalue weighted by atomic mass is 19.0. The average Bonchev–Trinajstić information content (AvgIpc) is 2.32. The van der Waals surface area contributed by atoms with Gasteiger partial charge in [-0.25, -0.2) is 0 Å². The Kier molecular flexibility index (Phi) is 5.23. The molecule has 0 aliphatic heterocycles. The molecule has 0 aliphatic carbocycles. The van der Waals surface area contributed by atoms with Gasteiger partial charge in [-0.15, -0.1) is 0 Å². The lowest BCUT2D eigenvalue weighted by Crippen LogP contribution is -2.12. The molecule has 0 amide bonds. The Morgan fingerprint density at radius 3 is 1.38 bits per heavy atom. The molecule has 1 N–H and O–H groups in total. The highest BCUT2D eigenvalue weighted by Crippen LogP contribution is 2.00. The first-order valence-corrected chi connectivity index (χ1v) is 5.24. The summed E-state index contributed by atoms with van der Waals surface area (Å²) < 4.78 is 0. The van der Waals surface area contributed by atoms with Crippen molar-refractivity contribution in [2.45, 2.75) is 13.1 Å². The van der Waals surface area contributed by atoms with Crippen LogP contribution in [0.3, 0.4) is 0 Å². The Morgan fingerprint density at radius 1 is 0.625 bits per heavy atom. The molecule has 2 heteroatoms. The molecule has 84 valence electrons. The van der Waals surface area contributed by atoms with Crippen LogP contribution in [0.2, 0.25) is 0 Å². The molecule has 0 fully saturated rings. The predicted octanol–water partition coefficient (Wildman–Crippen LogP) is 3.13. The third-order valence-electron chi connectivity index (χ3n) is 2.34. The monoisotopic (exact) mass is 217 g/mol. The summed E-state index contributed by atoms with van der Waals surface area (Å²) in [5.74, 6) is 0. The average molecular weight is 217 g/mol. The van der Waals surface area contributed by atoms with Gasteiger partial charge in [0.15, 0.2) is 0 Å². The molecular formula is C14H16FN. The van der Waals surface area contributed by atoms with Crippen molar-refractivity contribution in [1.29, 1.82) is 0 Å². The van der Waals surface area contributed by atoms with Crippen LogP contribution in [-0.4, -0.2) is 0 Å². The molecule has 0 saturated heterocycles. The normalized spacial score (nSPS) is 9.50. The van der Waals surface area contributed by atoms with Crippen molar-refractivity contribution in [2.75, 3.05) is 0 Å². The van der Waals surface area contributed by atoms with Crippen molar-refractivity contribution in [2.24, 2.45) is 0 Å². The van der Waals surface area contributed by atoms with Gasteiger partial charge in [0, 0.05) is 13.1 Å². The summed E-state index contributed by atoms with van der Waals surface area (Å²) in [5, 5.41) is 3.42. The quantitative estimate of drug-likeness (QED) is 0.829. The van der Waals surface area contributed by atoms with Gasteiger partial charge in [-0.05, 0) is 11.1 Å². The summed E-state index contributed by atoms with van der Waals surface area (Å²) >= 11 is 0. The van der Waals surface area contributed by atoms with Crippen LogP contribution in [0.25, 0.3) is 0 Å². The van der Waals surface area contributed by atoms with E-state index in [9.17, 15) is 0 Å². The van der Waals surface area contributed by atoms with Gasteiger partial charge in [0.25, 0.3) is 0 Å². The third kappa shape index (κ3) is 3.83. The molecule has 2 rings (SSSR count). The predicted molar refractivity (Wildman–Crippen MR) is 65.9 cm³/mol. The minimum absolute atomic E-state index is 0. The maximum Gasteiger partial charge on any atom is 0.0208 e. The van der Waals surface area contributed by atoms with E-state index in [0.717, 1.165) is 13.1 Å². The number of benzene rings is 2. The number of hydrogen-bond acceptors (Lipinski definition) is 1. The van der Waals surface area contributed by atoms with Crippen LogP contribution >= 0.6 is 0 Å². The lowest BCUT2D eigenvalue weighted by Gasteiger charge is -2.04.